The highest BCUT2D eigenvalue weighted by Crippen LogP contribution is 2.37. The van der Waals surface area contributed by atoms with Gasteiger partial charge in [0.25, 0.3) is 0 Å². The quantitative estimate of drug-likeness (QED) is 0.737. The third-order valence-corrected chi connectivity index (χ3v) is 4.93. The van der Waals surface area contributed by atoms with Crippen molar-refractivity contribution in [2.45, 2.75) is 6.42 Å². The van der Waals surface area contributed by atoms with E-state index in [4.69, 9.17) is 18.9 Å². The van der Waals surface area contributed by atoms with E-state index in [1.807, 2.05) is 41.8 Å². The molecule has 0 saturated carbocycles. The second-order valence-electron chi connectivity index (χ2n) is 5.94. The summed E-state index contributed by atoms with van der Waals surface area (Å²) in [6.07, 6.45) is 0.893. The van der Waals surface area contributed by atoms with Crippen molar-refractivity contribution in [3.63, 3.8) is 0 Å². The summed E-state index contributed by atoms with van der Waals surface area (Å²) in [4.78, 5) is 4.68. The number of aromatic nitrogens is 1. The molecule has 3 heterocycles. The fraction of sp³-hybridized carbons (Fsp3) is 0.211. The van der Waals surface area contributed by atoms with Crippen LogP contribution in [0.25, 0.3) is 11.3 Å². The molecule has 0 saturated heterocycles. The van der Waals surface area contributed by atoms with Gasteiger partial charge in [0.1, 0.15) is 0 Å². The summed E-state index contributed by atoms with van der Waals surface area (Å²) in [5.41, 5.74) is 2.81. The van der Waals surface area contributed by atoms with Gasteiger partial charge in [-0.25, -0.2) is 4.98 Å². The average molecular weight is 368 g/mol. The van der Waals surface area contributed by atoms with Crippen LogP contribution < -0.4 is 24.3 Å². The summed E-state index contributed by atoms with van der Waals surface area (Å²) in [6, 6.07) is 11.7. The molecule has 7 heteroatoms. The van der Waals surface area contributed by atoms with E-state index in [1.165, 1.54) is 0 Å². The molecule has 0 aliphatic carbocycles. The van der Waals surface area contributed by atoms with Crippen LogP contribution in [0.1, 0.15) is 6.42 Å². The van der Waals surface area contributed by atoms with Crippen molar-refractivity contribution < 1.29 is 18.9 Å². The van der Waals surface area contributed by atoms with Crippen LogP contribution in [0.15, 0.2) is 41.8 Å². The lowest BCUT2D eigenvalue weighted by Gasteiger charge is -2.08. The Kier molecular flexibility index (Phi) is 3.79. The van der Waals surface area contributed by atoms with Crippen LogP contribution in [0.4, 0.5) is 10.8 Å². The Balaban J connectivity index is 1.37. The summed E-state index contributed by atoms with van der Waals surface area (Å²) in [7, 11) is 0. The number of hydrogen-bond donors (Lipinski definition) is 1. The van der Waals surface area contributed by atoms with Crippen molar-refractivity contribution in [2.24, 2.45) is 0 Å². The predicted molar refractivity (Wildman–Crippen MR) is 99.0 cm³/mol. The second kappa shape index (κ2) is 6.42. The summed E-state index contributed by atoms with van der Waals surface area (Å²) in [5.74, 6) is 3.08. The van der Waals surface area contributed by atoms with E-state index in [-0.39, 0.29) is 6.79 Å². The number of nitrogens with zero attached hydrogens (tertiary/aromatic N) is 1. The van der Waals surface area contributed by atoms with Crippen LogP contribution in [0.3, 0.4) is 0 Å². The first-order valence-electron chi connectivity index (χ1n) is 8.37. The summed E-state index contributed by atoms with van der Waals surface area (Å²) in [6.45, 7) is 1.63. The van der Waals surface area contributed by atoms with Gasteiger partial charge in [0.15, 0.2) is 28.1 Å². The zero-order valence-electron chi connectivity index (χ0n) is 13.9. The molecule has 0 unspecified atom stereocenters. The van der Waals surface area contributed by atoms with Crippen molar-refractivity contribution in [2.75, 3.05) is 25.3 Å². The number of fused-ring (bicyclic) bond motifs is 2. The normalized spacial score (nSPS) is 14.8. The van der Waals surface area contributed by atoms with Crippen LogP contribution in [0, 0.1) is 0 Å². The summed E-state index contributed by atoms with van der Waals surface area (Å²) in [5, 5.41) is 6.15. The van der Waals surface area contributed by atoms with Crippen LogP contribution in [0.2, 0.25) is 0 Å². The molecule has 26 heavy (non-hydrogen) atoms. The topological polar surface area (TPSA) is 61.8 Å². The summed E-state index contributed by atoms with van der Waals surface area (Å²) >= 11 is 1.55. The van der Waals surface area contributed by atoms with Crippen LogP contribution >= 0.6 is 11.3 Å². The molecule has 2 aliphatic heterocycles. The molecule has 2 aliphatic rings. The Morgan fingerprint density at radius 3 is 2.58 bits per heavy atom. The number of hydrogen-bond acceptors (Lipinski definition) is 7. The first-order valence-corrected chi connectivity index (χ1v) is 9.25. The van der Waals surface area contributed by atoms with E-state index in [2.05, 4.69) is 10.3 Å². The molecule has 0 spiro atoms. The van der Waals surface area contributed by atoms with Crippen molar-refractivity contribution >= 4 is 22.2 Å². The largest absolute Gasteiger partial charge is 0.490 e. The molecule has 0 bridgehead atoms. The van der Waals surface area contributed by atoms with Crippen molar-refractivity contribution in [3.8, 4) is 34.3 Å². The molecule has 0 amide bonds. The van der Waals surface area contributed by atoms with Gasteiger partial charge >= 0.3 is 0 Å². The first kappa shape index (κ1) is 15.3. The lowest BCUT2D eigenvalue weighted by molar-refractivity contribution is 0.174. The van der Waals surface area contributed by atoms with Gasteiger partial charge in [-0.15, -0.1) is 11.3 Å². The van der Waals surface area contributed by atoms with E-state index >= 15 is 0 Å². The second-order valence-corrected chi connectivity index (χ2v) is 6.80. The first-order chi connectivity index (χ1) is 12.8. The Bertz CT molecular complexity index is 956. The van der Waals surface area contributed by atoms with Gasteiger partial charge in [-0.1, -0.05) is 0 Å². The smallest absolute Gasteiger partial charge is 0.231 e. The van der Waals surface area contributed by atoms with Crippen molar-refractivity contribution in [3.05, 3.63) is 41.8 Å². The minimum absolute atomic E-state index is 0.268. The molecule has 5 rings (SSSR count). The molecule has 6 nitrogen and oxygen atoms in total. The molecule has 2 aromatic carbocycles. The number of nitrogens with one attached hydrogen (secondary N) is 1. The maximum Gasteiger partial charge on any atom is 0.231 e. The van der Waals surface area contributed by atoms with Gasteiger partial charge in [0.2, 0.25) is 6.79 Å². The van der Waals surface area contributed by atoms with Gasteiger partial charge < -0.3 is 24.3 Å². The number of thiazole rings is 1. The minimum Gasteiger partial charge on any atom is -0.490 e. The molecule has 0 fully saturated rings. The average Bonchev–Trinajstić information content (AvgIpc) is 3.25. The van der Waals surface area contributed by atoms with Crippen LogP contribution in [-0.4, -0.2) is 25.0 Å². The van der Waals surface area contributed by atoms with Crippen LogP contribution in [0.5, 0.6) is 23.0 Å². The van der Waals surface area contributed by atoms with E-state index < -0.39 is 0 Å². The maximum absolute atomic E-state index is 5.76. The van der Waals surface area contributed by atoms with Gasteiger partial charge in [-0.2, -0.15) is 0 Å². The molecule has 1 aromatic heterocycles. The molecule has 132 valence electrons. The highest BCUT2D eigenvalue weighted by atomic mass is 32.1. The maximum atomic E-state index is 5.76. The fourth-order valence-electron chi connectivity index (χ4n) is 2.88. The molecule has 1 N–H and O–H groups in total. The summed E-state index contributed by atoms with van der Waals surface area (Å²) < 4.78 is 22.2. The number of anilines is 2. The minimum atomic E-state index is 0.268. The monoisotopic (exact) mass is 368 g/mol. The predicted octanol–water partition coefficient (Wildman–Crippen LogP) is 4.44. The number of ether oxygens (including phenoxy) is 4. The van der Waals surface area contributed by atoms with Gasteiger partial charge in [-0.05, 0) is 30.3 Å². The lowest BCUT2D eigenvalue weighted by Crippen LogP contribution is -1.97. The molecular weight excluding hydrogens is 352 g/mol. The Morgan fingerprint density at radius 1 is 0.846 bits per heavy atom. The van der Waals surface area contributed by atoms with E-state index in [0.29, 0.717) is 13.2 Å². The van der Waals surface area contributed by atoms with E-state index in [1.54, 1.807) is 11.3 Å². The number of benzene rings is 2. The number of rotatable bonds is 3. The zero-order valence-corrected chi connectivity index (χ0v) is 14.7. The van der Waals surface area contributed by atoms with E-state index in [0.717, 1.165) is 51.5 Å². The molecule has 0 radical (unpaired) electrons. The van der Waals surface area contributed by atoms with Crippen molar-refractivity contribution in [1.82, 2.24) is 4.98 Å². The molecule has 3 aromatic rings. The Hall–Kier alpha value is -2.93. The SMILES string of the molecule is c1cc2c(cc1Nc1nc(-c3ccc4c(c3)OCCCO4)cs1)OCO2. The standard InChI is InChI=1S/C19H16N2O4S/c1-6-22-15-4-2-12(8-17(15)23-7-1)14-10-26-19(21-14)20-13-3-5-16-18(9-13)25-11-24-16/h2-5,8-10H,1,6-7,11H2,(H,20,21). The Morgan fingerprint density at radius 2 is 1.62 bits per heavy atom. The lowest BCUT2D eigenvalue weighted by atomic mass is 10.1. The van der Waals surface area contributed by atoms with Gasteiger partial charge in [0.05, 0.1) is 18.9 Å². The highest BCUT2D eigenvalue weighted by Gasteiger charge is 2.15. The zero-order chi connectivity index (χ0) is 17.3. The van der Waals surface area contributed by atoms with Crippen molar-refractivity contribution in [1.29, 1.82) is 0 Å². The van der Waals surface area contributed by atoms with Gasteiger partial charge in [0, 0.05) is 29.1 Å². The molecular formula is C19H16N2O4S. The Labute approximate surface area is 154 Å². The van der Waals surface area contributed by atoms with E-state index in [9.17, 15) is 0 Å². The third-order valence-electron chi connectivity index (χ3n) is 4.17. The van der Waals surface area contributed by atoms with Gasteiger partial charge in [-0.3, -0.25) is 0 Å². The highest BCUT2D eigenvalue weighted by molar-refractivity contribution is 7.14. The van der Waals surface area contributed by atoms with Crippen LogP contribution in [-0.2, 0) is 0 Å². The fourth-order valence-corrected chi connectivity index (χ4v) is 3.62. The molecule has 0 atom stereocenters. The third kappa shape index (κ3) is 2.90.